The Morgan fingerprint density at radius 2 is 1.52 bits per heavy atom. The smallest absolute Gasteiger partial charge is 0.411 e. The highest BCUT2D eigenvalue weighted by atomic mass is 16.6. The molecule has 27 heavy (non-hydrogen) atoms. The van der Waals surface area contributed by atoms with E-state index in [4.69, 9.17) is 14.2 Å². The summed E-state index contributed by atoms with van der Waals surface area (Å²) in [7, 11) is 0. The van der Waals surface area contributed by atoms with Crippen LogP contribution in [0.3, 0.4) is 0 Å². The van der Waals surface area contributed by atoms with Gasteiger partial charge in [-0.15, -0.1) is 0 Å². The third-order valence-electron chi connectivity index (χ3n) is 4.96. The summed E-state index contributed by atoms with van der Waals surface area (Å²) in [6.07, 6.45) is -1.44. The second-order valence-electron chi connectivity index (χ2n) is 6.65. The molecule has 2 saturated heterocycles. The molecule has 0 spiro atoms. The van der Waals surface area contributed by atoms with Crippen LogP contribution < -0.4 is 0 Å². The van der Waals surface area contributed by atoms with Gasteiger partial charge >= 0.3 is 6.09 Å². The molecule has 2 aromatic rings. The molecule has 4 rings (SSSR count). The Bertz CT molecular complexity index is 821. The molecule has 0 aromatic heterocycles. The van der Waals surface area contributed by atoms with Gasteiger partial charge in [-0.1, -0.05) is 60.7 Å². The summed E-state index contributed by atoms with van der Waals surface area (Å²) in [6.45, 7) is 0.944. The molecular formula is C21H20N2O4. The minimum Gasteiger partial charge on any atom is -0.447 e. The van der Waals surface area contributed by atoms with Gasteiger partial charge in [-0.25, -0.2) is 4.79 Å². The van der Waals surface area contributed by atoms with E-state index >= 15 is 0 Å². The molecular weight excluding hydrogens is 344 g/mol. The van der Waals surface area contributed by atoms with Gasteiger partial charge in [0.25, 0.3) is 0 Å². The lowest BCUT2D eigenvalue weighted by molar-refractivity contribution is -0.0780. The van der Waals surface area contributed by atoms with Crippen LogP contribution in [0.1, 0.15) is 11.1 Å². The number of rotatable bonds is 6. The molecule has 1 amide bonds. The molecule has 0 saturated carbocycles. The van der Waals surface area contributed by atoms with Crippen molar-refractivity contribution in [3.8, 4) is 6.07 Å². The summed E-state index contributed by atoms with van der Waals surface area (Å²) in [5.41, 5.74) is 2.03. The molecule has 0 unspecified atom stereocenters. The molecule has 0 N–H and O–H groups in total. The zero-order valence-corrected chi connectivity index (χ0v) is 14.7. The number of carbonyl (C=O) groups is 1. The number of cyclic esters (lactones) is 1. The molecule has 2 fully saturated rings. The van der Waals surface area contributed by atoms with E-state index in [1.165, 1.54) is 4.90 Å². The molecule has 6 nitrogen and oxygen atoms in total. The van der Waals surface area contributed by atoms with Crippen LogP contribution in [0.5, 0.6) is 0 Å². The van der Waals surface area contributed by atoms with Gasteiger partial charge in [0.15, 0.2) is 6.04 Å². The first kappa shape index (κ1) is 17.5. The largest absolute Gasteiger partial charge is 0.447 e. The zero-order chi connectivity index (χ0) is 18.6. The Hall–Kier alpha value is -2.88. The van der Waals surface area contributed by atoms with Crippen LogP contribution in [0.15, 0.2) is 60.7 Å². The minimum atomic E-state index is -0.727. The second kappa shape index (κ2) is 7.78. The first-order valence-electron chi connectivity index (χ1n) is 8.93. The van der Waals surface area contributed by atoms with Gasteiger partial charge in [0.2, 0.25) is 0 Å². The predicted octanol–water partition coefficient (Wildman–Crippen LogP) is 2.88. The average molecular weight is 364 g/mol. The van der Waals surface area contributed by atoms with Crippen LogP contribution in [-0.2, 0) is 27.4 Å². The molecule has 2 aliphatic heterocycles. The third-order valence-corrected chi connectivity index (χ3v) is 4.96. The van der Waals surface area contributed by atoms with Crippen molar-refractivity contribution in [2.24, 2.45) is 0 Å². The summed E-state index contributed by atoms with van der Waals surface area (Å²) in [4.78, 5) is 13.6. The van der Waals surface area contributed by atoms with Gasteiger partial charge in [-0.3, -0.25) is 4.90 Å². The molecule has 4 atom stereocenters. The van der Waals surface area contributed by atoms with Crippen molar-refractivity contribution in [2.75, 3.05) is 6.61 Å². The van der Waals surface area contributed by atoms with Crippen LogP contribution in [0.2, 0.25) is 0 Å². The number of benzene rings is 2. The molecule has 2 aliphatic rings. The first-order valence-corrected chi connectivity index (χ1v) is 8.93. The van der Waals surface area contributed by atoms with E-state index in [1.54, 1.807) is 0 Å². The van der Waals surface area contributed by atoms with Crippen LogP contribution in [0.4, 0.5) is 4.79 Å². The quantitative estimate of drug-likeness (QED) is 0.788. The molecule has 2 aromatic carbocycles. The summed E-state index contributed by atoms with van der Waals surface area (Å²) in [6, 6.07) is 20.7. The molecule has 138 valence electrons. The van der Waals surface area contributed by atoms with Crippen LogP contribution >= 0.6 is 0 Å². The summed E-state index contributed by atoms with van der Waals surface area (Å²) in [5.74, 6) is 0. The summed E-state index contributed by atoms with van der Waals surface area (Å²) in [5, 5.41) is 9.67. The standard InChI is InChI=1S/C21H20N2O4/c22-11-17-19(25-12-15-7-3-1-4-8-15)20(18-14-27-21(24)23(17)18)26-13-16-9-5-2-6-10-16/h1-10,17-20H,12-14H2/t17-,18-,19+,20-/m1/s1. The maximum Gasteiger partial charge on any atom is 0.411 e. The lowest BCUT2D eigenvalue weighted by Gasteiger charge is -2.24. The highest BCUT2D eigenvalue weighted by Gasteiger charge is 2.57. The first-order chi connectivity index (χ1) is 13.3. The molecule has 6 heteroatoms. The highest BCUT2D eigenvalue weighted by Crippen LogP contribution is 2.35. The van der Waals surface area contributed by atoms with Crippen molar-refractivity contribution in [1.82, 2.24) is 4.90 Å². The van der Waals surface area contributed by atoms with E-state index in [2.05, 4.69) is 6.07 Å². The topological polar surface area (TPSA) is 71.8 Å². The lowest BCUT2D eigenvalue weighted by atomic mass is 10.1. The minimum absolute atomic E-state index is 0.210. The van der Waals surface area contributed by atoms with E-state index < -0.39 is 24.3 Å². The fourth-order valence-electron chi connectivity index (χ4n) is 3.64. The number of fused-ring (bicyclic) bond motifs is 1. The normalized spacial score (nSPS) is 26.5. The van der Waals surface area contributed by atoms with Crippen LogP contribution in [0, 0.1) is 11.3 Å². The number of carbonyl (C=O) groups excluding carboxylic acids is 1. The maximum atomic E-state index is 12.1. The van der Waals surface area contributed by atoms with Crippen LogP contribution in [0.25, 0.3) is 0 Å². The fraction of sp³-hybridized carbons (Fsp3) is 0.333. The number of ether oxygens (including phenoxy) is 3. The van der Waals surface area contributed by atoms with E-state index in [9.17, 15) is 10.1 Å². The zero-order valence-electron chi connectivity index (χ0n) is 14.7. The van der Waals surface area contributed by atoms with E-state index in [1.807, 2.05) is 60.7 Å². The lowest BCUT2D eigenvalue weighted by Crippen LogP contribution is -2.39. The Morgan fingerprint density at radius 3 is 2.07 bits per heavy atom. The van der Waals surface area contributed by atoms with Crippen molar-refractivity contribution in [2.45, 2.75) is 37.5 Å². The van der Waals surface area contributed by atoms with Crippen molar-refractivity contribution < 1.29 is 19.0 Å². The van der Waals surface area contributed by atoms with Crippen molar-refractivity contribution in [3.05, 3.63) is 71.8 Å². The van der Waals surface area contributed by atoms with Gasteiger partial charge in [-0.05, 0) is 11.1 Å². The SMILES string of the molecule is N#C[C@@H]1[C@H](OCc2ccccc2)[C@H](OCc2ccccc2)[C@H]2COC(=O)N12. The van der Waals surface area contributed by atoms with Crippen molar-refractivity contribution in [3.63, 3.8) is 0 Å². The van der Waals surface area contributed by atoms with Gasteiger partial charge in [0.05, 0.1) is 25.3 Å². The molecule has 0 radical (unpaired) electrons. The monoisotopic (exact) mass is 364 g/mol. The number of nitriles is 1. The van der Waals surface area contributed by atoms with E-state index in [-0.39, 0.29) is 12.6 Å². The van der Waals surface area contributed by atoms with E-state index in [0.717, 1.165) is 11.1 Å². The van der Waals surface area contributed by atoms with Crippen molar-refractivity contribution >= 4 is 6.09 Å². The number of hydrogen-bond donors (Lipinski definition) is 0. The third kappa shape index (κ3) is 3.52. The highest BCUT2D eigenvalue weighted by molar-refractivity contribution is 5.72. The average Bonchev–Trinajstić information content (AvgIpc) is 3.23. The van der Waals surface area contributed by atoms with Gasteiger partial charge in [0, 0.05) is 0 Å². The summed E-state index contributed by atoms with van der Waals surface area (Å²) < 4.78 is 17.4. The second-order valence-corrected chi connectivity index (χ2v) is 6.65. The number of nitrogens with zero attached hydrogens (tertiary/aromatic N) is 2. The Balaban J connectivity index is 1.52. The summed E-state index contributed by atoms with van der Waals surface area (Å²) >= 11 is 0. The van der Waals surface area contributed by atoms with Crippen molar-refractivity contribution in [1.29, 1.82) is 5.26 Å². The maximum absolute atomic E-state index is 12.1. The molecule has 2 heterocycles. The Kier molecular flexibility index (Phi) is 5.05. The Labute approximate surface area is 157 Å². The predicted molar refractivity (Wildman–Crippen MR) is 96.4 cm³/mol. The molecule has 0 aliphatic carbocycles. The fourth-order valence-corrected chi connectivity index (χ4v) is 3.64. The van der Waals surface area contributed by atoms with Gasteiger partial charge < -0.3 is 14.2 Å². The van der Waals surface area contributed by atoms with E-state index in [0.29, 0.717) is 13.2 Å². The number of amides is 1. The number of hydrogen-bond acceptors (Lipinski definition) is 5. The van der Waals surface area contributed by atoms with Gasteiger partial charge in [0.1, 0.15) is 18.8 Å². The van der Waals surface area contributed by atoms with Gasteiger partial charge in [-0.2, -0.15) is 5.26 Å². The van der Waals surface area contributed by atoms with Crippen LogP contribution in [-0.4, -0.2) is 41.9 Å². The Morgan fingerprint density at radius 1 is 0.963 bits per heavy atom. The molecule has 0 bridgehead atoms.